The summed E-state index contributed by atoms with van der Waals surface area (Å²) in [5, 5.41) is 2.29. The van der Waals surface area contributed by atoms with E-state index in [0.717, 1.165) is 11.1 Å². The molecular formula is C16H22N2O3. The van der Waals surface area contributed by atoms with E-state index in [9.17, 15) is 14.4 Å². The first-order chi connectivity index (χ1) is 10.1. The topological polar surface area (TPSA) is 66.5 Å². The Hall–Kier alpha value is -2.17. The molecule has 1 N–H and O–H groups in total. The van der Waals surface area contributed by atoms with Crippen molar-refractivity contribution in [3.05, 3.63) is 34.9 Å². The smallest absolute Gasteiger partial charge is 0.255 e. The van der Waals surface area contributed by atoms with Gasteiger partial charge in [0.25, 0.3) is 5.91 Å². The maximum atomic E-state index is 12.3. The number of hydrogen-bond acceptors (Lipinski definition) is 3. The monoisotopic (exact) mass is 290 g/mol. The third-order valence-corrected chi connectivity index (χ3v) is 3.68. The molecular weight excluding hydrogens is 268 g/mol. The Bertz CT molecular complexity index is 601. The Morgan fingerprint density at radius 1 is 1.24 bits per heavy atom. The van der Waals surface area contributed by atoms with Crippen molar-refractivity contribution in [1.29, 1.82) is 0 Å². The van der Waals surface area contributed by atoms with Gasteiger partial charge in [0, 0.05) is 20.0 Å². The lowest BCUT2D eigenvalue weighted by molar-refractivity contribution is -0.136. The molecule has 1 aromatic carbocycles. The first kappa shape index (κ1) is 15.2. The molecule has 0 spiro atoms. The summed E-state index contributed by atoms with van der Waals surface area (Å²) in [6.45, 7) is 6.38. The zero-order chi connectivity index (χ0) is 15.6. The first-order valence-electron chi connectivity index (χ1n) is 7.30. The van der Waals surface area contributed by atoms with Crippen LogP contribution in [0.1, 0.15) is 49.6 Å². The van der Waals surface area contributed by atoms with Gasteiger partial charge in [0.2, 0.25) is 11.8 Å². The van der Waals surface area contributed by atoms with Crippen LogP contribution in [0.15, 0.2) is 18.2 Å². The van der Waals surface area contributed by atoms with Crippen molar-refractivity contribution in [2.24, 2.45) is 0 Å². The van der Waals surface area contributed by atoms with Crippen molar-refractivity contribution in [1.82, 2.24) is 10.2 Å². The molecule has 3 rings (SSSR count). The molecule has 1 fully saturated rings. The molecule has 2 heterocycles. The zero-order valence-electron chi connectivity index (χ0n) is 12.6. The maximum Gasteiger partial charge on any atom is 0.255 e. The number of fused-ring (bicyclic) bond motifs is 1. The lowest BCUT2D eigenvalue weighted by atomic mass is 10.0. The fourth-order valence-electron chi connectivity index (χ4n) is 2.67. The molecule has 1 atom stereocenters. The Morgan fingerprint density at radius 2 is 1.95 bits per heavy atom. The van der Waals surface area contributed by atoms with Crippen molar-refractivity contribution >= 4 is 17.7 Å². The number of imide groups is 1. The second kappa shape index (κ2) is 6.08. The average Bonchev–Trinajstić information content (AvgIpc) is 2.78. The summed E-state index contributed by atoms with van der Waals surface area (Å²) in [7, 11) is 0. The lowest BCUT2D eigenvalue weighted by Crippen LogP contribution is -2.52. The fraction of sp³-hybridized carbons (Fsp3) is 0.438. The SMILES string of the molecule is CC.Cc1ccc2c(c1)C(=O)N(C1CCC(=O)NC1=O)C2.[HH]. The van der Waals surface area contributed by atoms with Crippen LogP contribution in [0.3, 0.4) is 0 Å². The number of piperidine rings is 1. The van der Waals surface area contributed by atoms with Gasteiger partial charge in [-0.1, -0.05) is 31.5 Å². The number of hydrogen-bond donors (Lipinski definition) is 1. The number of aryl methyl sites for hydroxylation is 1. The second-order valence-corrected chi connectivity index (χ2v) is 5.06. The van der Waals surface area contributed by atoms with Crippen LogP contribution >= 0.6 is 0 Å². The summed E-state index contributed by atoms with van der Waals surface area (Å²) >= 11 is 0. The summed E-state index contributed by atoms with van der Waals surface area (Å²) in [6, 6.07) is 5.20. The van der Waals surface area contributed by atoms with Gasteiger partial charge in [-0.2, -0.15) is 0 Å². The number of nitrogens with one attached hydrogen (secondary N) is 1. The van der Waals surface area contributed by atoms with Gasteiger partial charge in [-0.25, -0.2) is 0 Å². The van der Waals surface area contributed by atoms with Gasteiger partial charge < -0.3 is 4.90 Å². The van der Waals surface area contributed by atoms with Gasteiger partial charge in [-0.3, -0.25) is 19.7 Å². The van der Waals surface area contributed by atoms with Crippen LogP contribution in [0.2, 0.25) is 0 Å². The van der Waals surface area contributed by atoms with Gasteiger partial charge in [0.05, 0.1) is 0 Å². The van der Waals surface area contributed by atoms with E-state index in [-0.39, 0.29) is 25.6 Å². The van der Waals surface area contributed by atoms with Gasteiger partial charge in [-0.05, 0) is 25.0 Å². The zero-order valence-corrected chi connectivity index (χ0v) is 12.6. The molecule has 21 heavy (non-hydrogen) atoms. The van der Waals surface area contributed by atoms with Crippen LogP contribution < -0.4 is 5.32 Å². The minimum atomic E-state index is -0.530. The average molecular weight is 290 g/mol. The van der Waals surface area contributed by atoms with Gasteiger partial charge in [0.1, 0.15) is 6.04 Å². The fourth-order valence-corrected chi connectivity index (χ4v) is 2.67. The Kier molecular flexibility index (Phi) is 4.40. The Balaban J connectivity index is 0.000000775. The molecule has 1 aromatic rings. The molecule has 0 aliphatic carbocycles. The summed E-state index contributed by atoms with van der Waals surface area (Å²) < 4.78 is 0. The summed E-state index contributed by atoms with van der Waals surface area (Å²) in [5.41, 5.74) is 2.64. The van der Waals surface area contributed by atoms with Crippen LogP contribution in [0.5, 0.6) is 0 Å². The van der Waals surface area contributed by atoms with Crippen LogP contribution in [0.25, 0.3) is 0 Å². The number of rotatable bonds is 1. The second-order valence-electron chi connectivity index (χ2n) is 5.06. The van der Waals surface area contributed by atoms with Crippen molar-refractivity contribution in [3.8, 4) is 0 Å². The molecule has 3 amide bonds. The quantitative estimate of drug-likeness (QED) is 0.805. The number of benzene rings is 1. The predicted octanol–water partition coefficient (Wildman–Crippen LogP) is 2.03. The minimum absolute atomic E-state index is 0. The van der Waals surface area contributed by atoms with E-state index in [0.29, 0.717) is 18.5 Å². The van der Waals surface area contributed by atoms with Gasteiger partial charge in [0.15, 0.2) is 0 Å². The highest BCUT2D eigenvalue weighted by atomic mass is 16.2. The van der Waals surface area contributed by atoms with E-state index in [1.165, 1.54) is 0 Å². The highest BCUT2D eigenvalue weighted by Crippen LogP contribution is 2.27. The molecule has 0 radical (unpaired) electrons. The van der Waals surface area contributed by atoms with E-state index in [1.807, 2.05) is 39.0 Å². The number of carbonyl (C=O) groups excluding carboxylic acids is 3. The van der Waals surface area contributed by atoms with Crippen LogP contribution in [0.4, 0.5) is 0 Å². The maximum absolute atomic E-state index is 12.3. The standard InChI is InChI=1S/C14H14N2O3.C2H6.H2/c1-8-2-3-9-7-16(14(19)10(9)6-8)11-4-5-12(17)15-13(11)18;1-2;/h2-3,6,11H,4-5,7H2,1H3,(H,15,17,18);1-2H3;1H. The summed E-state index contributed by atoms with van der Waals surface area (Å²) in [5.74, 6) is -0.747. The van der Waals surface area contributed by atoms with E-state index in [4.69, 9.17) is 0 Å². The molecule has 1 saturated heterocycles. The van der Waals surface area contributed by atoms with Crippen LogP contribution in [-0.2, 0) is 16.1 Å². The van der Waals surface area contributed by atoms with Crippen LogP contribution in [-0.4, -0.2) is 28.7 Å². The van der Waals surface area contributed by atoms with Gasteiger partial charge >= 0.3 is 0 Å². The normalized spacial score (nSPS) is 20.6. The molecule has 5 heteroatoms. The largest absolute Gasteiger partial charge is 0.322 e. The van der Waals surface area contributed by atoms with Crippen molar-refractivity contribution < 1.29 is 15.8 Å². The lowest BCUT2D eigenvalue weighted by Gasteiger charge is -2.29. The summed E-state index contributed by atoms with van der Waals surface area (Å²) in [4.78, 5) is 36.9. The predicted molar refractivity (Wildman–Crippen MR) is 80.7 cm³/mol. The van der Waals surface area contributed by atoms with E-state index in [2.05, 4.69) is 5.32 Å². The van der Waals surface area contributed by atoms with Crippen molar-refractivity contribution in [3.63, 3.8) is 0 Å². The third kappa shape index (κ3) is 2.82. The number of amides is 3. The Labute approximate surface area is 125 Å². The van der Waals surface area contributed by atoms with Crippen molar-refractivity contribution in [2.75, 3.05) is 0 Å². The molecule has 2 aliphatic rings. The molecule has 1 unspecified atom stereocenters. The molecule has 114 valence electrons. The highest BCUT2D eigenvalue weighted by Gasteiger charge is 2.38. The van der Waals surface area contributed by atoms with E-state index >= 15 is 0 Å². The molecule has 0 aromatic heterocycles. The van der Waals surface area contributed by atoms with Gasteiger partial charge in [-0.15, -0.1) is 0 Å². The molecule has 0 bridgehead atoms. The molecule has 2 aliphatic heterocycles. The summed E-state index contributed by atoms with van der Waals surface area (Å²) in [6.07, 6.45) is 0.693. The molecule has 0 saturated carbocycles. The van der Waals surface area contributed by atoms with Crippen LogP contribution in [0, 0.1) is 6.92 Å². The highest BCUT2D eigenvalue weighted by molar-refractivity contribution is 6.05. The Morgan fingerprint density at radius 3 is 2.62 bits per heavy atom. The number of nitrogens with zero attached hydrogens (tertiary/aromatic N) is 1. The van der Waals surface area contributed by atoms with E-state index in [1.54, 1.807) is 4.90 Å². The minimum Gasteiger partial charge on any atom is -0.322 e. The number of carbonyl (C=O) groups is 3. The van der Waals surface area contributed by atoms with Crippen molar-refractivity contribution in [2.45, 2.75) is 46.2 Å². The molecule has 5 nitrogen and oxygen atoms in total. The first-order valence-corrected chi connectivity index (χ1v) is 7.30. The third-order valence-electron chi connectivity index (χ3n) is 3.68. The van der Waals surface area contributed by atoms with E-state index < -0.39 is 6.04 Å².